The minimum atomic E-state index is -0.258. The zero-order valence-electron chi connectivity index (χ0n) is 11.1. The molecule has 1 aliphatic rings. The smallest absolute Gasteiger partial charge is 0.137 e. The predicted octanol–water partition coefficient (Wildman–Crippen LogP) is 4.28. The summed E-state index contributed by atoms with van der Waals surface area (Å²) in [6.07, 6.45) is 7.71. The molecule has 0 radical (unpaired) electrons. The van der Waals surface area contributed by atoms with E-state index in [1.54, 1.807) is 12.1 Å². The molecule has 1 aromatic carbocycles. The molecule has 0 amide bonds. The van der Waals surface area contributed by atoms with Gasteiger partial charge < -0.3 is 10.1 Å². The van der Waals surface area contributed by atoms with E-state index in [0.29, 0.717) is 22.9 Å². The third-order valence-corrected chi connectivity index (χ3v) is 4.13. The summed E-state index contributed by atoms with van der Waals surface area (Å²) in [5.74, 6) is 0.456. The molecule has 0 atom stereocenters. The van der Waals surface area contributed by atoms with Crippen molar-refractivity contribution in [3.63, 3.8) is 0 Å². The molecule has 1 aromatic rings. The molecule has 2 nitrogen and oxygen atoms in total. The lowest BCUT2D eigenvalue weighted by molar-refractivity contribution is 0.296. The van der Waals surface area contributed by atoms with Crippen LogP contribution >= 0.6 is 15.9 Å². The third-order valence-electron chi connectivity index (χ3n) is 3.52. The molecule has 2 rings (SSSR count). The monoisotopic (exact) mass is 329 g/mol. The van der Waals surface area contributed by atoms with Crippen LogP contribution < -0.4 is 10.1 Å². The van der Waals surface area contributed by atoms with Crippen LogP contribution in [-0.4, -0.2) is 19.2 Å². The molecule has 0 unspecified atom stereocenters. The Morgan fingerprint density at radius 3 is 2.79 bits per heavy atom. The van der Waals surface area contributed by atoms with E-state index in [-0.39, 0.29) is 5.82 Å². The lowest BCUT2D eigenvalue weighted by Gasteiger charge is -2.22. The Kier molecular flexibility index (Phi) is 6.11. The predicted molar refractivity (Wildman–Crippen MR) is 79.1 cm³/mol. The summed E-state index contributed by atoms with van der Waals surface area (Å²) >= 11 is 3.15. The number of rotatable bonds is 6. The number of hydrogen-bond acceptors (Lipinski definition) is 2. The molecule has 0 aliphatic heterocycles. The van der Waals surface area contributed by atoms with Crippen molar-refractivity contribution in [2.45, 2.75) is 44.6 Å². The number of ether oxygens (including phenoxy) is 1. The zero-order chi connectivity index (χ0) is 13.5. The van der Waals surface area contributed by atoms with Crippen LogP contribution in [0.15, 0.2) is 22.7 Å². The summed E-state index contributed by atoms with van der Waals surface area (Å²) in [4.78, 5) is 0. The fraction of sp³-hybridized carbons (Fsp3) is 0.600. The number of hydrogen-bond donors (Lipinski definition) is 1. The highest BCUT2D eigenvalue weighted by Crippen LogP contribution is 2.21. The molecule has 0 aromatic heterocycles. The number of halogens is 2. The molecule has 1 saturated carbocycles. The van der Waals surface area contributed by atoms with Gasteiger partial charge in [0.05, 0.1) is 11.1 Å². The molecule has 106 valence electrons. The van der Waals surface area contributed by atoms with Crippen LogP contribution in [0.25, 0.3) is 0 Å². The highest BCUT2D eigenvalue weighted by atomic mass is 79.9. The van der Waals surface area contributed by atoms with Gasteiger partial charge in [0, 0.05) is 6.04 Å². The Balaban J connectivity index is 1.59. The molecule has 1 aliphatic carbocycles. The highest BCUT2D eigenvalue weighted by Gasteiger charge is 2.11. The molecular weight excluding hydrogens is 309 g/mol. The van der Waals surface area contributed by atoms with Crippen LogP contribution in [-0.2, 0) is 0 Å². The van der Waals surface area contributed by atoms with E-state index in [1.807, 2.05) is 0 Å². The van der Waals surface area contributed by atoms with E-state index >= 15 is 0 Å². The maximum atomic E-state index is 13.0. The SMILES string of the molecule is Fc1ccc(OCCCNC2CCCCC2)cc1Br. The highest BCUT2D eigenvalue weighted by molar-refractivity contribution is 9.10. The van der Waals surface area contributed by atoms with Gasteiger partial charge in [-0.2, -0.15) is 0 Å². The maximum Gasteiger partial charge on any atom is 0.137 e. The molecule has 19 heavy (non-hydrogen) atoms. The molecular formula is C15H21BrFNO. The molecule has 0 heterocycles. The Hall–Kier alpha value is -0.610. The normalized spacial score (nSPS) is 16.5. The van der Waals surface area contributed by atoms with Gasteiger partial charge in [0.25, 0.3) is 0 Å². The fourth-order valence-electron chi connectivity index (χ4n) is 2.44. The first-order valence-electron chi connectivity index (χ1n) is 7.07. The Morgan fingerprint density at radius 1 is 1.26 bits per heavy atom. The van der Waals surface area contributed by atoms with Gasteiger partial charge in [-0.25, -0.2) is 4.39 Å². The van der Waals surface area contributed by atoms with Crippen molar-refractivity contribution in [2.75, 3.05) is 13.2 Å². The van der Waals surface area contributed by atoms with Crippen LogP contribution in [0.4, 0.5) is 4.39 Å². The summed E-state index contributed by atoms with van der Waals surface area (Å²) in [6.45, 7) is 1.66. The van der Waals surface area contributed by atoms with Crippen LogP contribution in [0.1, 0.15) is 38.5 Å². The second-order valence-electron chi connectivity index (χ2n) is 5.07. The standard InChI is InChI=1S/C15H21BrFNO/c16-14-11-13(7-8-15(14)17)19-10-4-9-18-12-5-2-1-3-6-12/h7-8,11-12,18H,1-6,9-10H2. The third kappa shape index (κ3) is 5.11. The first-order valence-corrected chi connectivity index (χ1v) is 7.86. The first-order chi connectivity index (χ1) is 9.25. The summed E-state index contributed by atoms with van der Waals surface area (Å²) < 4.78 is 19.1. The van der Waals surface area contributed by atoms with Crippen LogP contribution in [0, 0.1) is 5.82 Å². The second-order valence-corrected chi connectivity index (χ2v) is 5.92. The van der Waals surface area contributed by atoms with Gasteiger partial charge in [-0.3, -0.25) is 0 Å². The van der Waals surface area contributed by atoms with Crippen LogP contribution in [0.5, 0.6) is 5.75 Å². The van der Waals surface area contributed by atoms with E-state index in [4.69, 9.17) is 4.74 Å². The topological polar surface area (TPSA) is 21.3 Å². The first kappa shape index (κ1) is 14.8. The summed E-state index contributed by atoms with van der Waals surface area (Å²) in [5.41, 5.74) is 0. The molecule has 1 N–H and O–H groups in total. The van der Waals surface area contributed by atoms with Crippen molar-refractivity contribution in [1.29, 1.82) is 0 Å². The Labute approximate surface area is 122 Å². The Morgan fingerprint density at radius 2 is 2.05 bits per heavy atom. The number of benzene rings is 1. The second kappa shape index (κ2) is 7.85. The largest absolute Gasteiger partial charge is 0.494 e. The van der Waals surface area contributed by atoms with Crippen molar-refractivity contribution in [3.05, 3.63) is 28.5 Å². The van der Waals surface area contributed by atoms with Crippen molar-refractivity contribution in [3.8, 4) is 5.75 Å². The van der Waals surface area contributed by atoms with Gasteiger partial charge in [0.15, 0.2) is 0 Å². The lowest BCUT2D eigenvalue weighted by atomic mass is 9.95. The molecule has 0 saturated heterocycles. The summed E-state index contributed by atoms with van der Waals surface area (Å²) in [5, 5.41) is 3.58. The minimum absolute atomic E-state index is 0.258. The van der Waals surface area contributed by atoms with Gasteiger partial charge in [-0.05, 0) is 59.9 Å². The molecule has 0 bridgehead atoms. The lowest BCUT2D eigenvalue weighted by Crippen LogP contribution is -2.32. The molecule has 1 fully saturated rings. The number of nitrogens with one attached hydrogen (secondary N) is 1. The van der Waals surface area contributed by atoms with E-state index in [9.17, 15) is 4.39 Å². The van der Waals surface area contributed by atoms with Crippen molar-refractivity contribution < 1.29 is 9.13 Å². The van der Waals surface area contributed by atoms with Crippen LogP contribution in [0.2, 0.25) is 0 Å². The summed E-state index contributed by atoms with van der Waals surface area (Å²) in [6, 6.07) is 5.45. The van der Waals surface area contributed by atoms with Gasteiger partial charge in [0.2, 0.25) is 0 Å². The van der Waals surface area contributed by atoms with E-state index in [1.165, 1.54) is 38.2 Å². The van der Waals surface area contributed by atoms with Crippen LogP contribution in [0.3, 0.4) is 0 Å². The average molecular weight is 330 g/mol. The molecule has 4 heteroatoms. The van der Waals surface area contributed by atoms with Gasteiger partial charge >= 0.3 is 0 Å². The fourth-order valence-corrected chi connectivity index (χ4v) is 2.80. The Bertz CT molecular complexity index is 394. The van der Waals surface area contributed by atoms with E-state index in [0.717, 1.165) is 13.0 Å². The van der Waals surface area contributed by atoms with Gasteiger partial charge in [-0.1, -0.05) is 19.3 Å². The van der Waals surface area contributed by atoms with Gasteiger partial charge in [-0.15, -0.1) is 0 Å². The average Bonchev–Trinajstić information content (AvgIpc) is 2.43. The quantitative estimate of drug-likeness (QED) is 0.786. The summed E-state index contributed by atoms with van der Waals surface area (Å²) in [7, 11) is 0. The van der Waals surface area contributed by atoms with E-state index < -0.39 is 0 Å². The minimum Gasteiger partial charge on any atom is -0.494 e. The van der Waals surface area contributed by atoms with Crippen molar-refractivity contribution in [1.82, 2.24) is 5.32 Å². The molecule has 0 spiro atoms. The van der Waals surface area contributed by atoms with Gasteiger partial charge in [0.1, 0.15) is 11.6 Å². The maximum absolute atomic E-state index is 13.0. The van der Waals surface area contributed by atoms with Crippen molar-refractivity contribution in [2.24, 2.45) is 0 Å². The zero-order valence-corrected chi connectivity index (χ0v) is 12.7. The van der Waals surface area contributed by atoms with E-state index in [2.05, 4.69) is 21.2 Å². The van der Waals surface area contributed by atoms with Crippen molar-refractivity contribution >= 4 is 15.9 Å².